The fraction of sp³-hybridized carbons (Fsp3) is 0. The lowest BCUT2D eigenvalue weighted by Crippen LogP contribution is -1.74. The minimum Gasteiger partial charge on any atom is -0.507 e. The van der Waals surface area contributed by atoms with E-state index < -0.39 is 0 Å². The summed E-state index contributed by atoms with van der Waals surface area (Å²) in [4.78, 5) is 1.04. The SMILES string of the molecule is Oc1ccccc1[SH]1C=CC=C1. The Labute approximate surface area is 74.4 Å². The summed E-state index contributed by atoms with van der Waals surface area (Å²) in [6.45, 7) is 0. The van der Waals surface area contributed by atoms with Gasteiger partial charge in [0.1, 0.15) is 5.75 Å². The molecule has 0 amide bonds. The maximum absolute atomic E-state index is 9.52. The molecule has 1 aliphatic rings. The molecular formula is C10H10OS. The summed E-state index contributed by atoms with van der Waals surface area (Å²) in [7, 11) is -0.372. The van der Waals surface area contributed by atoms with Gasteiger partial charge < -0.3 is 5.11 Å². The van der Waals surface area contributed by atoms with Gasteiger partial charge in [-0.25, -0.2) is 0 Å². The summed E-state index contributed by atoms with van der Waals surface area (Å²) in [5, 5.41) is 13.8. The number of thiol groups is 1. The van der Waals surface area contributed by atoms with Crippen molar-refractivity contribution in [1.82, 2.24) is 0 Å². The van der Waals surface area contributed by atoms with Crippen molar-refractivity contribution >= 4 is 10.9 Å². The van der Waals surface area contributed by atoms with Crippen LogP contribution in [0.25, 0.3) is 0 Å². The zero-order valence-electron chi connectivity index (χ0n) is 6.51. The fourth-order valence-electron chi connectivity index (χ4n) is 1.18. The number of phenolic OH excluding ortho intramolecular Hbond substituents is 1. The van der Waals surface area contributed by atoms with E-state index in [0.29, 0.717) is 5.75 Å². The number of para-hydroxylation sites is 1. The first-order valence-corrected chi connectivity index (χ1v) is 5.27. The summed E-state index contributed by atoms with van der Waals surface area (Å²) >= 11 is 0. The molecule has 1 N–H and O–H groups in total. The molecule has 0 spiro atoms. The van der Waals surface area contributed by atoms with Crippen molar-refractivity contribution in [2.24, 2.45) is 0 Å². The van der Waals surface area contributed by atoms with Crippen molar-refractivity contribution in [2.45, 2.75) is 4.90 Å². The van der Waals surface area contributed by atoms with Crippen LogP contribution < -0.4 is 0 Å². The van der Waals surface area contributed by atoms with Crippen LogP contribution in [0.4, 0.5) is 0 Å². The molecule has 1 nitrogen and oxygen atoms in total. The largest absolute Gasteiger partial charge is 0.507 e. The zero-order chi connectivity index (χ0) is 8.39. The Morgan fingerprint density at radius 2 is 1.67 bits per heavy atom. The Morgan fingerprint density at radius 3 is 2.33 bits per heavy atom. The standard InChI is InChI=1S/C10H10OS/c11-9-5-1-2-6-10(9)12-7-3-4-8-12/h1-8,11-12H. The first-order valence-electron chi connectivity index (χ1n) is 3.79. The molecule has 1 heterocycles. The first-order chi connectivity index (χ1) is 5.88. The van der Waals surface area contributed by atoms with Crippen LogP contribution in [-0.4, -0.2) is 5.11 Å². The second-order valence-corrected chi connectivity index (χ2v) is 4.47. The third-order valence-corrected chi connectivity index (χ3v) is 3.69. The van der Waals surface area contributed by atoms with Gasteiger partial charge in [0.05, 0.1) is 0 Å². The Kier molecular flexibility index (Phi) is 1.92. The van der Waals surface area contributed by atoms with E-state index >= 15 is 0 Å². The van der Waals surface area contributed by atoms with E-state index in [1.54, 1.807) is 6.07 Å². The molecule has 0 radical (unpaired) electrons. The van der Waals surface area contributed by atoms with E-state index in [1.165, 1.54) is 0 Å². The summed E-state index contributed by atoms with van der Waals surface area (Å²) in [6, 6.07) is 7.51. The minimum atomic E-state index is -0.372. The average molecular weight is 178 g/mol. The van der Waals surface area contributed by atoms with Crippen LogP contribution in [0.15, 0.2) is 52.1 Å². The van der Waals surface area contributed by atoms with Gasteiger partial charge in [-0.15, -0.1) is 0 Å². The van der Waals surface area contributed by atoms with Gasteiger partial charge in [0.25, 0.3) is 0 Å². The van der Waals surface area contributed by atoms with Crippen molar-refractivity contribution in [3.05, 3.63) is 47.2 Å². The van der Waals surface area contributed by atoms with E-state index in [-0.39, 0.29) is 10.9 Å². The molecule has 12 heavy (non-hydrogen) atoms. The highest BCUT2D eigenvalue weighted by Crippen LogP contribution is 2.45. The van der Waals surface area contributed by atoms with Crippen molar-refractivity contribution in [3.8, 4) is 5.75 Å². The summed E-state index contributed by atoms with van der Waals surface area (Å²) in [5.41, 5.74) is 0. The molecule has 0 saturated carbocycles. The third kappa shape index (κ3) is 1.25. The number of allylic oxidation sites excluding steroid dienone is 2. The van der Waals surface area contributed by atoms with Crippen LogP contribution in [0.1, 0.15) is 0 Å². The molecule has 1 aromatic rings. The van der Waals surface area contributed by atoms with Crippen LogP contribution in [0.5, 0.6) is 5.75 Å². The van der Waals surface area contributed by atoms with Gasteiger partial charge in [-0.1, -0.05) is 24.3 Å². The number of benzene rings is 1. The van der Waals surface area contributed by atoms with Gasteiger partial charge in [0, 0.05) is 4.90 Å². The molecular weight excluding hydrogens is 168 g/mol. The van der Waals surface area contributed by atoms with Crippen LogP contribution in [-0.2, 0) is 0 Å². The van der Waals surface area contributed by atoms with E-state index in [2.05, 4.69) is 10.8 Å². The van der Waals surface area contributed by atoms with Gasteiger partial charge in [-0.05, 0) is 22.9 Å². The van der Waals surface area contributed by atoms with Gasteiger partial charge in [-0.2, -0.15) is 10.9 Å². The number of aromatic hydroxyl groups is 1. The zero-order valence-corrected chi connectivity index (χ0v) is 7.41. The van der Waals surface area contributed by atoms with Crippen molar-refractivity contribution in [3.63, 3.8) is 0 Å². The number of phenols is 1. The Balaban J connectivity index is 2.39. The molecule has 0 aromatic heterocycles. The van der Waals surface area contributed by atoms with E-state index in [1.807, 2.05) is 30.4 Å². The average Bonchev–Trinajstić information content (AvgIpc) is 2.57. The summed E-state index contributed by atoms with van der Waals surface area (Å²) in [5.74, 6) is 0.403. The molecule has 0 unspecified atom stereocenters. The van der Waals surface area contributed by atoms with Crippen LogP contribution >= 0.6 is 10.9 Å². The fourth-order valence-corrected chi connectivity index (χ4v) is 2.77. The molecule has 1 aromatic carbocycles. The van der Waals surface area contributed by atoms with Crippen LogP contribution in [0, 0.1) is 0 Å². The van der Waals surface area contributed by atoms with E-state index in [0.717, 1.165) is 4.90 Å². The van der Waals surface area contributed by atoms with E-state index in [4.69, 9.17) is 0 Å². The monoisotopic (exact) mass is 178 g/mol. The molecule has 0 fully saturated rings. The van der Waals surface area contributed by atoms with E-state index in [9.17, 15) is 5.11 Å². The van der Waals surface area contributed by atoms with Crippen molar-refractivity contribution in [1.29, 1.82) is 0 Å². The topological polar surface area (TPSA) is 20.2 Å². The normalized spacial score (nSPS) is 17.2. The highest BCUT2D eigenvalue weighted by molar-refractivity contribution is 8.22. The Bertz CT molecular complexity index is 329. The molecule has 62 valence electrons. The number of rotatable bonds is 1. The van der Waals surface area contributed by atoms with Crippen molar-refractivity contribution in [2.75, 3.05) is 0 Å². The third-order valence-electron chi connectivity index (χ3n) is 1.76. The molecule has 0 saturated heterocycles. The first kappa shape index (κ1) is 7.50. The predicted octanol–water partition coefficient (Wildman–Crippen LogP) is 2.79. The predicted molar refractivity (Wildman–Crippen MR) is 53.6 cm³/mol. The Morgan fingerprint density at radius 1 is 1.00 bits per heavy atom. The molecule has 0 aliphatic carbocycles. The van der Waals surface area contributed by atoms with Gasteiger partial charge in [-0.3, -0.25) is 0 Å². The summed E-state index contributed by atoms with van der Waals surface area (Å²) in [6.07, 6.45) is 4.05. The second-order valence-electron chi connectivity index (χ2n) is 2.58. The van der Waals surface area contributed by atoms with Gasteiger partial charge in [0.2, 0.25) is 0 Å². The molecule has 2 heteroatoms. The van der Waals surface area contributed by atoms with Crippen LogP contribution in [0.3, 0.4) is 0 Å². The Hall–Kier alpha value is -1.15. The molecule has 0 bridgehead atoms. The molecule has 0 atom stereocenters. The minimum absolute atomic E-state index is 0.372. The van der Waals surface area contributed by atoms with Crippen molar-refractivity contribution < 1.29 is 5.11 Å². The quantitative estimate of drug-likeness (QED) is 0.634. The second kappa shape index (κ2) is 3.07. The number of hydrogen-bond donors (Lipinski definition) is 2. The molecule has 2 rings (SSSR count). The molecule has 1 aliphatic heterocycles. The lowest BCUT2D eigenvalue weighted by atomic mass is 10.3. The highest BCUT2D eigenvalue weighted by atomic mass is 32.2. The maximum atomic E-state index is 9.52. The maximum Gasteiger partial charge on any atom is 0.128 e. The smallest absolute Gasteiger partial charge is 0.128 e. The number of hydrogen-bond acceptors (Lipinski definition) is 1. The van der Waals surface area contributed by atoms with Crippen LogP contribution in [0.2, 0.25) is 0 Å². The highest BCUT2D eigenvalue weighted by Gasteiger charge is 2.06. The summed E-state index contributed by atoms with van der Waals surface area (Å²) < 4.78 is 0. The lowest BCUT2D eigenvalue weighted by Gasteiger charge is -2.11. The lowest BCUT2D eigenvalue weighted by molar-refractivity contribution is 0.462. The van der Waals surface area contributed by atoms with Gasteiger partial charge in [0.15, 0.2) is 0 Å². The van der Waals surface area contributed by atoms with Gasteiger partial charge >= 0.3 is 0 Å².